The monoisotopic (exact) mass is 400 g/mol. The van der Waals surface area contributed by atoms with Crippen molar-refractivity contribution in [3.63, 3.8) is 0 Å². The largest absolute Gasteiger partial charge is 0.446 e. The van der Waals surface area contributed by atoms with Crippen molar-refractivity contribution in [3.8, 4) is 0 Å². The first-order valence-corrected chi connectivity index (χ1v) is 10.4. The molecule has 1 aliphatic rings. The van der Waals surface area contributed by atoms with Gasteiger partial charge in [-0.25, -0.2) is 4.79 Å². The lowest BCUT2D eigenvalue weighted by Gasteiger charge is -2.33. The number of para-hydroxylation sites is 1. The Bertz CT molecular complexity index is 719. The summed E-state index contributed by atoms with van der Waals surface area (Å²) in [7, 11) is 0. The van der Waals surface area contributed by atoms with E-state index in [0.29, 0.717) is 6.54 Å². The third-order valence-electron chi connectivity index (χ3n) is 5.35. The maximum absolute atomic E-state index is 12.7. The Balaban J connectivity index is 2.22. The van der Waals surface area contributed by atoms with Crippen molar-refractivity contribution in [2.45, 2.75) is 58.2 Å². The summed E-state index contributed by atoms with van der Waals surface area (Å²) in [5.74, 6) is 0. The summed E-state index contributed by atoms with van der Waals surface area (Å²) in [4.78, 5) is 16.8. The molecule has 2 rings (SSSR count). The van der Waals surface area contributed by atoms with Crippen LogP contribution in [0.15, 0.2) is 49.3 Å². The van der Waals surface area contributed by atoms with Crippen LogP contribution in [0.3, 0.4) is 0 Å². The number of ether oxygens (including phenoxy) is 1. The molecule has 0 radical (unpaired) electrons. The molecule has 2 atom stereocenters. The van der Waals surface area contributed by atoms with Gasteiger partial charge in [-0.1, -0.05) is 38.6 Å². The van der Waals surface area contributed by atoms with E-state index in [-0.39, 0.29) is 23.8 Å². The molecule has 0 aromatic heterocycles. The predicted octanol–water partition coefficient (Wildman–Crippen LogP) is 3.94. The maximum Gasteiger partial charge on any atom is 0.414 e. The SMILES string of the molecule is C=CNC(/C=C/N)N(CCC)CCC1(C)CN(C(=O)OC(C)C)c2ccccc21. The molecule has 0 saturated heterocycles. The van der Waals surface area contributed by atoms with E-state index in [2.05, 4.69) is 36.7 Å². The summed E-state index contributed by atoms with van der Waals surface area (Å²) < 4.78 is 5.48. The first-order chi connectivity index (χ1) is 13.9. The fraction of sp³-hybridized carbons (Fsp3) is 0.522. The number of nitrogens with zero attached hydrogens (tertiary/aromatic N) is 2. The quantitative estimate of drug-likeness (QED) is 0.582. The number of carbonyl (C=O) groups excluding carboxylic acids is 1. The van der Waals surface area contributed by atoms with Crippen LogP contribution < -0.4 is 16.0 Å². The summed E-state index contributed by atoms with van der Waals surface area (Å²) in [5.41, 5.74) is 7.65. The summed E-state index contributed by atoms with van der Waals surface area (Å²) in [6, 6.07) is 8.14. The molecule has 6 heteroatoms. The van der Waals surface area contributed by atoms with Crippen LogP contribution in [0.4, 0.5) is 10.5 Å². The average molecular weight is 401 g/mol. The fourth-order valence-corrected chi connectivity index (χ4v) is 3.96. The third kappa shape index (κ3) is 5.54. The number of hydrogen-bond donors (Lipinski definition) is 2. The molecule has 0 bridgehead atoms. The van der Waals surface area contributed by atoms with E-state index in [1.807, 2.05) is 38.1 Å². The molecule has 6 nitrogen and oxygen atoms in total. The second kappa shape index (κ2) is 10.3. The molecule has 29 heavy (non-hydrogen) atoms. The van der Waals surface area contributed by atoms with Crippen LogP contribution in [-0.2, 0) is 10.2 Å². The first-order valence-electron chi connectivity index (χ1n) is 10.4. The number of nitrogens with two attached hydrogens (primary N) is 1. The van der Waals surface area contributed by atoms with E-state index >= 15 is 0 Å². The van der Waals surface area contributed by atoms with Crippen molar-refractivity contribution >= 4 is 11.8 Å². The van der Waals surface area contributed by atoms with Crippen molar-refractivity contribution in [2.24, 2.45) is 5.73 Å². The minimum absolute atomic E-state index is 0.000272. The van der Waals surface area contributed by atoms with Crippen LogP contribution in [0, 0.1) is 0 Å². The van der Waals surface area contributed by atoms with Crippen LogP contribution in [0.5, 0.6) is 0 Å². The molecule has 0 aliphatic carbocycles. The van der Waals surface area contributed by atoms with Crippen molar-refractivity contribution in [3.05, 3.63) is 54.9 Å². The Morgan fingerprint density at radius 3 is 2.76 bits per heavy atom. The number of fused-ring (bicyclic) bond motifs is 1. The zero-order valence-electron chi connectivity index (χ0n) is 18.2. The number of rotatable bonds is 10. The summed E-state index contributed by atoms with van der Waals surface area (Å²) in [5, 5.41) is 3.26. The van der Waals surface area contributed by atoms with Gasteiger partial charge in [-0.05, 0) is 56.8 Å². The number of amides is 1. The molecule has 1 aromatic rings. The van der Waals surface area contributed by atoms with E-state index in [1.54, 1.807) is 17.3 Å². The lowest BCUT2D eigenvalue weighted by atomic mass is 9.81. The van der Waals surface area contributed by atoms with Crippen LogP contribution in [0.2, 0.25) is 0 Å². The molecule has 1 aliphatic heterocycles. The van der Waals surface area contributed by atoms with Crippen LogP contribution in [-0.4, -0.2) is 42.9 Å². The highest BCUT2D eigenvalue weighted by atomic mass is 16.6. The van der Waals surface area contributed by atoms with Crippen molar-refractivity contribution in [1.82, 2.24) is 10.2 Å². The molecular weight excluding hydrogens is 364 g/mol. The highest BCUT2D eigenvalue weighted by Crippen LogP contribution is 2.43. The van der Waals surface area contributed by atoms with E-state index in [4.69, 9.17) is 10.5 Å². The smallest absolute Gasteiger partial charge is 0.414 e. The Morgan fingerprint density at radius 1 is 1.41 bits per heavy atom. The summed E-state index contributed by atoms with van der Waals surface area (Å²) in [6.45, 7) is 14.3. The number of carbonyl (C=O) groups is 1. The van der Waals surface area contributed by atoms with Gasteiger partial charge >= 0.3 is 6.09 Å². The molecule has 2 unspecified atom stereocenters. The fourth-order valence-electron chi connectivity index (χ4n) is 3.96. The van der Waals surface area contributed by atoms with Gasteiger partial charge in [-0.3, -0.25) is 9.80 Å². The van der Waals surface area contributed by atoms with Gasteiger partial charge in [0.15, 0.2) is 0 Å². The highest BCUT2D eigenvalue weighted by Gasteiger charge is 2.42. The topological polar surface area (TPSA) is 70.8 Å². The second-order valence-corrected chi connectivity index (χ2v) is 8.08. The molecule has 0 spiro atoms. The minimum atomic E-state index is -0.279. The van der Waals surface area contributed by atoms with Crippen molar-refractivity contribution in [1.29, 1.82) is 0 Å². The van der Waals surface area contributed by atoms with E-state index in [1.165, 1.54) is 5.56 Å². The average Bonchev–Trinajstić information content (AvgIpc) is 2.98. The molecule has 160 valence electrons. The predicted molar refractivity (Wildman–Crippen MR) is 120 cm³/mol. The Hall–Kier alpha value is -2.47. The Labute approximate surface area is 175 Å². The zero-order chi connectivity index (χ0) is 21.4. The highest BCUT2D eigenvalue weighted by molar-refractivity contribution is 5.91. The van der Waals surface area contributed by atoms with Gasteiger partial charge in [-0.2, -0.15) is 0 Å². The number of hydrogen-bond acceptors (Lipinski definition) is 5. The van der Waals surface area contributed by atoms with Gasteiger partial charge in [-0.15, -0.1) is 0 Å². The molecule has 1 amide bonds. The Kier molecular flexibility index (Phi) is 8.14. The molecule has 0 fully saturated rings. The third-order valence-corrected chi connectivity index (χ3v) is 5.35. The van der Waals surface area contributed by atoms with E-state index in [0.717, 1.165) is 31.6 Å². The van der Waals surface area contributed by atoms with Crippen molar-refractivity contribution in [2.75, 3.05) is 24.5 Å². The summed E-state index contributed by atoms with van der Waals surface area (Å²) in [6.07, 6.45) is 6.73. The van der Waals surface area contributed by atoms with Crippen molar-refractivity contribution < 1.29 is 9.53 Å². The van der Waals surface area contributed by atoms with Gasteiger partial charge in [0.05, 0.1) is 18.0 Å². The molecule has 1 heterocycles. The molecular formula is C23H36N4O2. The van der Waals surface area contributed by atoms with Gasteiger partial charge < -0.3 is 15.8 Å². The Morgan fingerprint density at radius 2 is 2.14 bits per heavy atom. The van der Waals surface area contributed by atoms with E-state index in [9.17, 15) is 4.79 Å². The second-order valence-electron chi connectivity index (χ2n) is 8.08. The standard InChI is InChI=1S/C23H36N4O2/c1-6-15-26(21(12-14-24)25-7-2)16-13-23(5)17-27(22(28)29-18(3)4)20-11-9-8-10-19(20)23/h7-12,14,18,21,25H,2,6,13,15-17,24H2,1,3-5H3/b14-12+. The van der Waals surface area contributed by atoms with Crippen LogP contribution >= 0.6 is 0 Å². The minimum Gasteiger partial charge on any atom is -0.446 e. The van der Waals surface area contributed by atoms with E-state index < -0.39 is 0 Å². The van der Waals surface area contributed by atoms with Gasteiger partial charge in [0, 0.05) is 25.0 Å². The lowest BCUT2D eigenvalue weighted by molar-refractivity contribution is 0.121. The first kappa shape index (κ1) is 22.8. The normalized spacial score (nSPS) is 19.6. The molecule has 3 N–H and O–H groups in total. The van der Waals surface area contributed by atoms with Gasteiger partial charge in [0.1, 0.15) is 0 Å². The lowest BCUT2D eigenvalue weighted by Crippen LogP contribution is -2.45. The maximum atomic E-state index is 12.7. The molecule has 1 aromatic carbocycles. The number of benzene rings is 1. The zero-order valence-corrected chi connectivity index (χ0v) is 18.2. The summed E-state index contributed by atoms with van der Waals surface area (Å²) >= 11 is 0. The van der Waals surface area contributed by atoms with Gasteiger partial charge in [0.25, 0.3) is 0 Å². The number of nitrogens with one attached hydrogen (secondary N) is 1. The van der Waals surface area contributed by atoms with Gasteiger partial charge in [0.2, 0.25) is 0 Å². The molecule has 0 saturated carbocycles. The van der Waals surface area contributed by atoms with Crippen LogP contribution in [0.25, 0.3) is 0 Å². The number of anilines is 1. The van der Waals surface area contributed by atoms with Crippen LogP contribution in [0.1, 0.15) is 46.1 Å².